The van der Waals surface area contributed by atoms with Gasteiger partial charge in [-0.1, -0.05) is 72.3 Å². The van der Waals surface area contributed by atoms with Gasteiger partial charge >= 0.3 is 0 Å². The van der Waals surface area contributed by atoms with Gasteiger partial charge in [-0.3, -0.25) is 0 Å². The lowest BCUT2D eigenvalue weighted by molar-refractivity contribution is 0.511. The highest BCUT2D eigenvalue weighted by Crippen LogP contribution is 2.24. The van der Waals surface area contributed by atoms with Crippen LogP contribution in [0, 0.1) is 0 Å². The Hall–Kier alpha value is -2.94. The Kier molecular flexibility index (Phi) is 9.03. The normalized spacial score (nSPS) is 20.8. The van der Waals surface area contributed by atoms with Gasteiger partial charge in [0.2, 0.25) is 0 Å². The molecular weight excluding hydrogens is 437 g/mol. The molecule has 0 fully saturated rings. The molecule has 0 radical (unpaired) electrons. The Morgan fingerprint density at radius 3 is 2.56 bits per heavy atom. The Bertz CT molecular complexity index is 1070. The molecule has 0 heterocycles. The summed E-state index contributed by atoms with van der Waals surface area (Å²) in [7, 11) is 1.91. The van der Waals surface area contributed by atoms with Crippen LogP contribution in [0.5, 0.6) is 0 Å². The third-order valence-corrected chi connectivity index (χ3v) is 5.58. The molecule has 2 N–H and O–H groups in total. The topological polar surface area (TPSA) is 32.3 Å². The first kappa shape index (κ1) is 23.7. The molecule has 0 aliphatic heterocycles. The van der Waals surface area contributed by atoms with Crippen molar-refractivity contribution in [3.05, 3.63) is 124 Å². The van der Waals surface area contributed by atoms with Gasteiger partial charge in [0.05, 0.1) is 5.38 Å². The van der Waals surface area contributed by atoms with Crippen molar-refractivity contribution >= 4 is 40.7 Å². The molecule has 0 spiro atoms. The third kappa shape index (κ3) is 7.33. The number of nitrogens with one attached hydrogen (secondary N) is 1. The van der Waals surface area contributed by atoms with Crippen molar-refractivity contribution in [2.45, 2.75) is 18.2 Å². The molecular formula is C28H27Cl2NO. The summed E-state index contributed by atoms with van der Waals surface area (Å²) in [6, 6.07) is 15.4. The van der Waals surface area contributed by atoms with Crippen LogP contribution in [0.3, 0.4) is 0 Å². The average Bonchev–Trinajstić information content (AvgIpc) is 2.79. The predicted octanol–water partition coefficient (Wildman–Crippen LogP) is 8.36. The zero-order chi connectivity index (χ0) is 22.8. The quantitative estimate of drug-likeness (QED) is 0.187. The van der Waals surface area contributed by atoms with Gasteiger partial charge < -0.3 is 10.4 Å². The number of aliphatic hydroxyl groups excluding tert-OH is 1. The number of hydrogen-bond donors (Lipinski definition) is 2. The number of rotatable bonds is 7. The molecule has 2 nitrogen and oxygen atoms in total. The van der Waals surface area contributed by atoms with E-state index < -0.39 is 0 Å². The van der Waals surface area contributed by atoms with Crippen molar-refractivity contribution in [1.82, 2.24) is 0 Å². The number of hydrogen-bond acceptors (Lipinski definition) is 2. The van der Waals surface area contributed by atoms with Crippen LogP contribution in [0.4, 0.5) is 5.69 Å². The van der Waals surface area contributed by atoms with E-state index in [0.29, 0.717) is 5.02 Å². The van der Waals surface area contributed by atoms with E-state index in [1.165, 1.54) is 0 Å². The average molecular weight is 464 g/mol. The van der Waals surface area contributed by atoms with Crippen LogP contribution in [-0.2, 0) is 0 Å². The van der Waals surface area contributed by atoms with Crippen molar-refractivity contribution in [3.8, 4) is 0 Å². The zero-order valence-electron chi connectivity index (χ0n) is 18.0. The van der Waals surface area contributed by atoms with Crippen LogP contribution < -0.4 is 5.32 Å². The van der Waals surface area contributed by atoms with Crippen LogP contribution in [-0.4, -0.2) is 17.5 Å². The maximum atomic E-state index is 10.7. The third-order valence-electron chi connectivity index (χ3n) is 5.04. The highest BCUT2D eigenvalue weighted by atomic mass is 35.5. The van der Waals surface area contributed by atoms with Crippen molar-refractivity contribution < 1.29 is 5.11 Å². The Morgan fingerprint density at radius 2 is 1.84 bits per heavy atom. The van der Waals surface area contributed by atoms with E-state index >= 15 is 0 Å². The summed E-state index contributed by atoms with van der Waals surface area (Å²) in [6.45, 7) is 0. The van der Waals surface area contributed by atoms with Crippen LogP contribution in [0.2, 0.25) is 5.02 Å². The summed E-state index contributed by atoms with van der Waals surface area (Å²) in [6.07, 6.45) is 19.6. The number of aliphatic hydroxyl groups is 1. The maximum Gasteiger partial charge on any atom is 0.123 e. The fourth-order valence-electron chi connectivity index (χ4n) is 3.24. The van der Waals surface area contributed by atoms with Gasteiger partial charge in [-0.2, -0.15) is 0 Å². The number of halogens is 2. The number of allylic oxidation sites excluding steroid dienone is 10. The van der Waals surface area contributed by atoms with Gasteiger partial charge in [0, 0.05) is 23.3 Å². The van der Waals surface area contributed by atoms with Crippen LogP contribution in [0.25, 0.3) is 11.8 Å². The number of alkyl halides is 1. The van der Waals surface area contributed by atoms with E-state index in [1.807, 2.05) is 43.5 Å². The van der Waals surface area contributed by atoms with Gasteiger partial charge in [0.15, 0.2) is 0 Å². The molecule has 0 amide bonds. The minimum Gasteiger partial charge on any atom is -0.507 e. The molecule has 164 valence electrons. The molecule has 4 heteroatoms. The SMILES string of the molecule is CNc1ccc(/C=C/C/C=C(\C=C(/O)c2ccc(Cl)cc2)C2=C/C=C/C(Cl)/C=C\C\2)cc1. The van der Waals surface area contributed by atoms with E-state index in [2.05, 4.69) is 60.0 Å². The van der Waals surface area contributed by atoms with E-state index in [9.17, 15) is 5.11 Å². The fraction of sp³-hybridized carbons (Fsp3) is 0.143. The lowest BCUT2D eigenvalue weighted by atomic mass is 9.97. The van der Waals surface area contributed by atoms with Gasteiger partial charge in [-0.25, -0.2) is 0 Å². The molecule has 1 unspecified atom stereocenters. The maximum absolute atomic E-state index is 10.7. The predicted molar refractivity (Wildman–Crippen MR) is 140 cm³/mol. The first-order valence-corrected chi connectivity index (χ1v) is 11.4. The largest absolute Gasteiger partial charge is 0.507 e. The van der Waals surface area contributed by atoms with Crippen LogP contribution in [0.1, 0.15) is 24.0 Å². The van der Waals surface area contributed by atoms with E-state index in [-0.39, 0.29) is 11.1 Å². The van der Waals surface area contributed by atoms with Crippen molar-refractivity contribution in [3.63, 3.8) is 0 Å². The first-order valence-electron chi connectivity index (χ1n) is 10.5. The van der Waals surface area contributed by atoms with Crippen molar-refractivity contribution in [2.24, 2.45) is 0 Å². The molecule has 1 aliphatic rings. The summed E-state index contributed by atoms with van der Waals surface area (Å²) < 4.78 is 0. The summed E-state index contributed by atoms with van der Waals surface area (Å²) in [5, 5.41) is 14.4. The van der Waals surface area contributed by atoms with E-state index in [4.69, 9.17) is 23.2 Å². The molecule has 0 saturated heterocycles. The summed E-state index contributed by atoms with van der Waals surface area (Å²) in [5.74, 6) is 0.200. The van der Waals surface area contributed by atoms with Gasteiger partial charge in [0.1, 0.15) is 5.76 Å². The summed E-state index contributed by atoms with van der Waals surface area (Å²) in [5.41, 5.74) is 5.02. The fourth-order valence-corrected chi connectivity index (χ4v) is 3.56. The van der Waals surface area contributed by atoms with Crippen molar-refractivity contribution in [1.29, 1.82) is 0 Å². The molecule has 0 bridgehead atoms. The highest BCUT2D eigenvalue weighted by Gasteiger charge is 2.07. The minimum atomic E-state index is -0.101. The lowest BCUT2D eigenvalue weighted by Crippen LogP contribution is -1.94. The minimum absolute atomic E-state index is 0.101. The second-order valence-corrected chi connectivity index (χ2v) is 8.30. The summed E-state index contributed by atoms with van der Waals surface area (Å²) >= 11 is 12.2. The highest BCUT2D eigenvalue weighted by molar-refractivity contribution is 6.30. The first-order chi connectivity index (χ1) is 15.5. The van der Waals surface area contributed by atoms with E-state index in [0.717, 1.165) is 40.8 Å². The molecule has 3 rings (SSSR count). The van der Waals surface area contributed by atoms with Crippen LogP contribution in [0.15, 0.2) is 108 Å². The van der Waals surface area contributed by atoms with Crippen LogP contribution >= 0.6 is 23.2 Å². The second kappa shape index (κ2) is 12.2. The van der Waals surface area contributed by atoms with Crippen molar-refractivity contribution in [2.75, 3.05) is 12.4 Å². The zero-order valence-corrected chi connectivity index (χ0v) is 19.5. The lowest BCUT2D eigenvalue weighted by Gasteiger charge is -2.10. The summed E-state index contributed by atoms with van der Waals surface area (Å²) in [4.78, 5) is 0. The number of anilines is 1. The molecule has 0 saturated carbocycles. The molecule has 1 aliphatic carbocycles. The standard InChI is InChI=1S/C28H27Cl2NO/c1-31-27-18-12-21(13-19-27)6-2-3-7-24(22-8-4-10-25(29)11-5-9-22)20-28(32)23-14-16-26(30)17-15-23/h2,4-8,10-20,25,31-32H,3,9H2,1H3/b6-2+,10-4+,11-5-,22-8+,24-7+,28-20-. The van der Waals surface area contributed by atoms with Gasteiger partial charge in [0.25, 0.3) is 0 Å². The Morgan fingerprint density at radius 1 is 1.09 bits per heavy atom. The van der Waals surface area contributed by atoms with Gasteiger partial charge in [-0.15, -0.1) is 11.6 Å². The van der Waals surface area contributed by atoms with E-state index in [1.54, 1.807) is 12.1 Å². The molecule has 32 heavy (non-hydrogen) atoms. The molecule has 2 aromatic rings. The number of benzene rings is 2. The second-order valence-electron chi connectivity index (χ2n) is 7.36. The monoisotopic (exact) mass is 463 g/mol. The van der Waals surface area contributed by atoms with Gasteiger partial charge in [-0.05, 0) is 72.0 Å². The Balaban J connectivity index is 1.85. The smallest absolute Gasteiger partial charge is 0.123 e. The molecule has 2 aromatic carbocycles. The Labute approximate surface area is 200 Å². The molecule has 0 aromatic heterocycles. The molecule has 1 atom stereocenters.